The maximum atomic E-state index is 13.5. The van der Waals surface area contributed by atoms with Gasteiger partial charge < -0.3 is 4.57 Å². The predicted octanol–water partition coefficient (Wildman–Crippen LogP) is 4.87. The molecule has 0 aliphatic heterocycles. The number of aromatic nitrogens is 5. The third-order valence-electron chi connectivity index (χ3n) is 6.04. The zero-order valence-electron chi connectivity index (χ0n) is 19.3. The minimum atomic E-state index is -0.123. The Bertz CT molecular complexity index is 1590. The number of fused-ring (bicyclic) bond motifs is 1. The molecule has 0 saturated heterocycles. The number of thioether (sulfide) groups is 1. The summed E-state index contributed by atoms with van der Waals surface area (Å²) in [5.74, 6) is 0.261. The molecule has 0 saturated carbocycles. The quantitative estimate of drug-likeness (QED) is 0.193. The summed E-state index contributed by atoms with van der Waals surface area (Å²) in [4.78, 5) is 36.3. The number of ketones is 1. The first-order chi connectivity index (χ1) is 16.4. The molecule has 5 rings (SSSR count). The molecule has 5 aromatic rings. The lowest BCUT2D eigenvalue weighted by atomic mass is 10.2. The third kappa shape index (κ3) is 3.61. The first-order valence-corrected chi connectivity index (χ1v) is 12.6. The minimum Gasteiger partial charge on any atom is -0.311 e. The second-order valence-electron chi connectivity index (χ2n) is 8.06. The maximum Gasteiger partial charge on any atom is 0.295 e. The molecule has 0 amide bonds. The summed E-state index contributed by atoms with van der Waals surface area (Å²) < 4.78 is 5.41. The lowest BCUT2D eigenvalue weighted by Crippen LogP contribution is -2.22. The predicted molar refractivity (Wildman–Crippen MR) is 137 cm³/mol. The molecule has 0 aliphatic carbocycles. The number of thiophene rings is 1. The zero-order chi connectivity index (χ0) is 24.0. The van der Waals surface area contributed by atoms with Crippen LogP contribution in [0.3, 0.4) is 0 Å². The van der Waals surface area contributed by atoms with Crippen LogP contribution in [0.25, 0.3) is 21.6 Å². The van der Waals surface area contributed by atoms with Gasteiger partial charge in [-0.2, -0.15) is 0 Å². The molecule has 0 bridgehead atoms. The summed E-state index contributed by atoms with van der Waals surface area (Å²) >= 11 is 2.97. The Balaban J connectivity index is 1.50. The Hall–Kier alpha value is -3.43. The smallest absolute Gasteiger partial charge is 0.295 e. The third-order valence-corrected chi connectivity index (χ3v) is 7.87. The van der Waals surface area contributed by atoms with Crippen molar-refractivity contribution >= 4 is 39.1 Å². The molecule has 0 unspecified atom stereocenters. The fourth-order valence-corrected chi connectivity index (χ4v) is 5.96. The lowest BCUT2D eigenvalue weighted by Gasteiger charge is -2.08. The number of hydrogen-bond donors (Lipinski definition) is 0. The fourth-order valence-electron chi connectivity index (χ4n) is 4.29. The van der Waals surface area contributed by atoms with Crippen LogP contribution in [0.4, 0.5) is 0 Å². The van der Waals surface area contributed by atoms with E-state index >= 15 is 0 Å². The van der Waals surface area contributed by atoms with Crippen molar-refractivity contribution in [1.82, 2.24) is 23.9 Å². The van der Waals surface area contributed by atoms with Gasteiger partial charge in [-0.1, -0.05) is 30.0 Å². The number of rotatable bonds is 6. The van der Waals surface area contributed by atoms with E-state index in [9.17, 15) is 9.59 Å². The van der Waals surface area contributed by atoms with Gasteiger partial charge >= 0.3 is 0 Å². The second kappa shape index (κ2) is 8.73. The molecule has 4 heterocycles. The van der Waals surface area contributed by atoms with E-state index in [0.717, 1.165) is 38.0 Å². The van der Waals surface area contributed by atoms with Crippen LogP contribution in [0.1, 0.15) is 27.4 Å². The van der Waals surface area contributed by atoms with Crippen molar-refractivity contribution in [3.63, 3.8) is 0 Å². The highest BCUT2D eigenvalue weighted by molar-refractivity contribution is 8.00. The van der Waals surface area contributed by atoms with Gasteiger partial charge in [0.1, 0.15) is 21.9 Å². The zero-order valence-corrected chi connectivity index (χ0v) is 20.9. The van der Waals surface area contributed by atoms with E-state index in [1.54, 1.807) is 16.0 Å². The van der Waals surface area contributed by atoms with Gasteiger partial charge in [-0.15, -0.1) is 11.3 Å². The highest BCUT2D eigenvalue weighted by Crippen LogP contribution is 2.29. The molecule has 4 aromatic heterocycles. The van der Waals surface area contributed by atoms with Crippen molar-refractivity contribution in [3.05, 3.63) is 87.2 Å². The van der Waals surface area contributed by atoms with Gasteiger partial charge in [0, 0.05) is 29.4 Å². The molecule has 172 valence electrons. The average Bonchev–Trinajstić information content (AvgIpc) is 3.49. The van der Waals surface area contributed by atoms with E-state index in [2.05, 4.69) is 9.97 Å². The summed E-state index contributed by atoms with van der Waals surface area (Å²) in [6.07, 6.45) is 1.54. The first kappa shape index (κ1) is 22.4. The van der Waals surface area contributed by atoms with Crippen molar-refractivity contribution < 1.29 is 4.79 Å². The highest BCUT2D eigenvalue weighted by Gasteiger charge is 2.24. The van der Waals surface area contributed by atoms with Crippen molar-refractivity contribution in [3.8, 4) is 11.4 Å². The van der Waals surface area contributed by atoms with E-state index in [1.807, 2.05) is 84.9 Å². The molecule has 0 spiro atoms. The normalized spacial score (nSPS) is 11.4. The molecule has 9 heteroatoms. The van der Waals surface area contributed by atoms with E-state index in [4.69, 9.17) is 0 Å². The molecule has 0 N–H and O–H groups in total. The number of benzene rings is 1. The topological polar surface area (TPSA) is 74.7 Å². The molecule has 1 aromatic carbocycles. The Kier molecular flexibility index (Phi) is 5.75. The average molecular weight is 490 g/mol. The van der Waals surface area contributed by atoms with Crippen LogP contribution in [0.2, 0.25) is 0 Å². The Morgan fingerprint density at radius 2 is 1.82 bits per heavy atom. The Labute approximate surface area is 204 Å². The summed E-state index contributed by atoms with van der Waals surface area (Å²) in [6.45, 7) is 5.74. The van der Waals surface area contributed by atoms with E-state index < -0.39 is 0 Å². The van der Waals surface area contributed by atoms with Crippen LogP contribution in [0.15, 0.2) is 64.0 Å². The summed E-state index contributed by atoms with van der Waals surface area (Å²) in [5, 5.41) is 3.75. The van der Waals surface area contributed by atoms with Crippen LogP contribution in [0.5, 0.6) is 0 Å². The lowest BCUT2D eigenvalue weighted by molar-refractivity contribution is 0.102. The molecule has 0 radical (unpaired) electrons. The van der Waals surface area contributed by atoms with Crippen molar-refractivity contribution in [1.29, 1.82) is 0 Å². The van der Waals surface area contributed by atoms with Crippen LogP contribution in [-0.4, -0.2) is 35.4 Å². The Morgan fingerprint density at radius 3 is 2.59 bits per heavy atom. The van der Waals surface area contributed by atoms with Gasteiger partial charge in [0.25, 0.3) is 5.56 Å². The number of Topliss-reactive ketones (excluding diaryl/α,β-unsaturated/α-hetero) is 1. The number of hydrogen-bond acceptors (Lipinski definition) is 6. The van der Waals surface area contributed by atoms with Crippen molar-refractivity contribution in [2.45, 2.75) is 25.8 Å². The molecule has 34 heavy (non-hydrogen) atoms. The summed E-state index contributed by atoms with van der Waals surface area (Å²) in [5.41, 5.74) is 4.28. The molecular weight excluding hydrogens is 466 g/mol. The molecular formula is C25H23N5O2S2. The van der Waals surface area contributed by atoms with Gasteiger partial charge in [-0.3, -0.25) is 14.3 Å². The number of carbonyl (C=O) groups excluding carboxylic acids is 1. The first-order valence-electron chi connectivity index (χ1n) is 10.8. The number of para-hydroxylation sites is 1. The monoisotopic (exact) mass is 489 g/mol. The van der Waals surface area contributed by atoms with Crippen LogP contribution in [0, 0.1) is 20.8 Å². The molecule has 0 fully saturated rings. The van der Waals surface area contributed by atoms with E-state index in [0.29, 0.717) is 11.3 Å². The number of nitrogens with zero attached hydrogens (tertiary/aromatic N) is 5. The largest absolute Gasteiger partial charge is 0.311 e. The van der Waals surface area contributed by atoms with Crippen molar-refractivity contribution in [2.24, 2.45) is 7.05 Å². The Morgan fingerprint density at radius 1 is 1.06 bits per heavy atom. The summed E-state index contributed by atoms with van der Waals surface area (Å²) in [6, 6.07) is 13.4. The minimum absolute atomic E-state index is 0.00307. The fraction of sp³-hybridized carbons (Fsp3) is 0.200. The van der Waals surface area contributed by atoms with E-state index in [1.165, 1.54) is 18.1 Å². The van der Waals surface area contributed by atoms with Gasteiger partial charge in [0.2, 0.25) is 0 Å². The van der Waals surface area contributed by atoms with Crippen LogP contribution in [-0.2, 0) is 7.05 Å². The van der Waals surface area contributed by atoms with E-state index in [-0.39, 0.29) is 17.1 Å². The summed E-state index contributed by atoms with van der Waals surface area (Å²) in [7, 11) is 1.87. The van der Waals surface area contributed by atoms with Crippen molar-refractivity contribution in [2.75, 3.05) is 5.75 Å². The van der Waals surface area contributed by atoms with Gasteiger partial charge in [0.05, 0.1) is 17.1 Å². The molecule has 0 aliphatic rings. The second-order valence-corrected chi connectivity index (χ2v) is 9.92. The van der Waals surface area contributed by atoms with Gasteiger partial charge in [-0.25, -0.2) is 14.6 Å². The van der Waals surface area contributed by atoms with Crippen LogP contribution < -0.4 is 5.56 Å². The van der Waals surface area contributed by atoms with Gasteiger partial charge in [0.15, 0.2) is 5.78 Å². The standard InChI is InChI=1S/C25H23N5O2S2/c1-15-12-20(21(31)13-34-24-19-10-11-33-23(19)26-14-27-24)16(2)29(15)22-17(3)28(4)30(25(22)32)18-8-6-5-7-9-18/h5-12,14H,13H2,1-4H3. The number of aryl methyl sites for hydroxylation is 1. The maximum absolute atomic E-state index is 13.5. The number of carbonyl (C=O) groups is 1. The SMILES string of the molecule is Cc1cc(C(=O)CSc2ncnc3sccc23)c(C)n1-c1c(C)n(C)n(-c2ccccc2)c1=O. The van der Waals surface area contributed by atoms with Gasteiger partial charge in [-0.05, 0) is 50.4 Å². The highest BCUT2D eigenvalue weighted by atomic mass is 32.2. The molecule has 0 atom stereocenters. The molecule has 7 nitrogen and oxygen atoms in total. The van der Waals surface area contributed by atoms with Crippen LogP contribution >= 0.6 is 23.1 Å².